The van der Waals surface area contributed by atoms with E-state index in [4.69, 9.17) is 0 Å². The summed E-state index contributed by atoms with van der Waals surface area (Å²) in [6, 6.07) is 66.1. The summed E-state index contributed by atoms with van der Waals surface area (Å²) in [6.45, 7) is 0. The molecule has 10 aromatic rings. The molecule has 10 rings (SSSR count). The van der Waals surface area contributed by atoms with Gasteiger partial charge in [-0.25, -0.2) is 0 Å². The van der Waals surface area contributed by atoms with Crippen molar-refractivity contribution >= 4 is 81.1 Å². The molecule has 0 aliphatic rings. The van der Waals surface area contributed by atoms with Crippen LogP contribution in [-0.4, -0.2) is 4.57 Å². The van der Waals surface area contributed by atoms with E-state index in [-0.39, 0.29) is 0 Å². The first-order chi connectivity index (χ1) is 24.3. The molecule has 0 aliphatic carbocycles. The Morgan fingerprint density at radius 3 is 1.86 bits per heavy atom. The van der Waals surface area contributed by atoms with E-state index in [9.17, 15) is 0 Å². The van der Waals surface area contributed by atoms with Crippen LogP contribution in [0, 0.1) is 0 Å². The van der Waals surface area contributed by atoms with Gasteiger partial charge in [-0.3, -0.25) is 0 Å². The molecule has 0 saturated carbocycles. The molecule has 8 aromatic carbocycles. The van der Waals surface area contributed by atoms with E-state index in [1.165, 1.54) is 69.6 Å². The number of anilines is 3. The number of rotatable bonds is 5. The third-order valence-corrected chi connectivity index (χ3v) is 10.9. The summed E-state index contributed by atoms with van der Waals surface area (Å²) in [6.07, 6.45) is 0. The van der Waals surface area contributed by atoms with E-state index in [0.29, 0.717) is 0 Å². The van der Waals surface area contributed by atoms with E-state index < -0.39 is 0 Å². The molecule has 0 amide bonds. The Hall–Kier alpha value is -6.16. The third kappa shape index (κ3) is 4.47. The minimum atomic E-state index is 1.12. The van der Waals surface area contributed by atoms with Crippen LogP contribution in [0.15, 0.2) is 182 Å². The van der Waals surface area contributed by atoms with Crippen molar-refractivity contribution in [2.45, 2.75) is 0 Å². The molecule has 0 aliphatic heterocycles. The molecule has 0 spiro atoms. The molecule has 0 saturated heterocycles. The molecule has 230 valence electrons. The van der Waals surface area contributed by atoms with Crippen LogP contribution in [0.1, 0.15) is 0 Å². The van der Waals surface area contributed by atoms with Gasteiger partial charge in [-0.05, 0) is 82.6 Å². The summed E-state index contributed by atoms with van der Waals surface area (Å²) >= 11 is 1.89. The Bertz CT molecular complexity index is 2810. The second kappa shape index (κ2) is 11.2. The number of thiophene rings is 1. The summed E-state index contributed by atoms with van der Waals surface area (Å²) in [7, 11) is 0. The smallest absolute Gasteiger partial charge is 0.0640 e. The summed E-state index contributed by atoms with van der Waals surface area (Å²) in [4.78, 5) is 2.48. The van der Waals surface area contributed by atoms with Gasteiger partial charge in [0, 0.05) is 37.6 Å². The van der Waals surface area contributed by atoms with Gasteiger partial charge in [0.2, 0.25) is 0 Å². The number of aromatic nitrogens is 1. The van der Waals surface area contributed by atoms with Gasteiger partial charge < -0.3 is 9.47 Å². The number of hydrogen-bond donors (Lipinski definition) is 0. The number of benzene rings is 8. The first-order valence-corrected chi connectivity index (χ1v) is 17.5. The summed E-state index contributed by atoms with van der Waals surface area (Å²) in [5, 5.41) is 7.60. The number of para-hydroxylation sites is 2. The van der Waals surface area contributed by atoms with Crippen LogP contribution < -0.4 is 4.90 Å². The van der Waals surface area contributed by atoms with Gasteiger partial charge in [0.05, 0.1) is 27.1 Å². The zero-order valence-corrected chi connectivity index (χ0v) is 27.4. The molecular formula is C46H30N2S. The van der Waals surface area contributed by atoms with Crippen LogP contribution >= 0.6 is 11.3 Å². The van der Waals surface area contributed by atoms with Crippen molar-refractivity contribution in [1.29, 1.82) is 0 Å². The Kier molecular flexibility index (Phi) is 6.39. The maximum absolute atomic E-state index is 2.48. The molecule has 49 heavy (non-hydrogen) atoms. The molecular weight excluding hydrogens is 613 g/mol. The zero-order chi connectivity index (χ0) is 32.3. The molecule has 2 nitrogen and oxygen atoms in total. The third-order valence-electron chi connectivity index (χ3n) is 9.75. The van der Waals surface area contributed by atoms with Gasteiger partial charge in [-0.2, -0.15) is 0 Å². The molecule has 0 atom stereocenters. The van der Waals surface area contributed by atoms with E-state index >= 15 is 0 Å². The van der Waals surface area contributed by atoms with Gasteiger partial charge in [0.25, 0.3) is 0 Å². The summed E-state index contributed by atoms with van der Waals surface area (Å²) < 4.78 is 4.99. The van der Waals surface area contributed by atoms with Crippen molar-refractivity contribution in [3.05, 3.63) is 182 Å². The minimum absolute atomic E-state index is 1.12. The van der Waals surface area contributed by atoms with Crippen LogP contribution in [0.2, 0.25) is 0 Å². The quantitative estimate of drug-likeness (QED) is 0.181. The van der Waals surface area contributed by atoms with Gasteiger partial charge in [0.1, 0.15) is 0 Å². The first kappa shape index (κ1) is 27.9. The fraction of sp³-hybridized carbons (Fsp3) is 0. The van der Waals surface area contributed by atoms with E-state index in [0.717, 1.165) is 17.1 Å². The molecule has 2 aromatic heterocycles. The van der Waals surface area contributed by atoms with E-state index in [1.54, 1.807) is 0 Å². The lowest BCUT2D eigenvalue weighted by atomic mass is 10.0. The molecule has 0 fully saturated rings. The van der Waals surface area contributed by atoms with E-state index in [1.807, 2.05) is 11.3 Å². The maximum atomic E-state index is 2.48. The highest BCUT2D eigenvalue weighted by Gasteiger charge is 2.23. The van der Waals surface area contributed by atoms with Crippen LogP contribution in [0.4, 0.5) is 17.1 Å². The topological polar surface area (TPSA) is 8.17 Å². The number of nitrogens with zero attached hydrogens (tertiary/aromatic N) is 2. The van der Waals surface area contributed by atoms with Crippen molar-refractivity contribution in [3.63, 3.8) is 0 Å². The average Bonchev–Trinajstić information content (AvgIpc) is 3.71. The Morgan fingerprint density at radius 1 is 0.429 bits per heavy atom. The fourth-order valence-electron chi connectivity index (χ4n) is 7.53. The highest BCUT2D eigenvalue weighted by atomic mass is 32.1. The largest absolute Gasteiger partial charge is 0.309 e. The van der Waals surface area contributed by atoms with Crippen LogP contribution in [-0.2, 0) is 0 Å². The molecule has 0 bridgehead atoms. The standard InChI is InChI=1S/C46H30N2S/c1-3-13-31(14-4-1)32-25-27-36(28-26-32)48(43-24-11-20-37-39-29-33-15-7-8-16-34(33)30-44(39)49-46(37)43)42-23-12-22-41-45(42)38-19-9-10-21-40(38)47(41)35-17-5-2-6-18-35/h1-30H. The van der Waals surface area contributed by atoms with Crippen LogP contribution in [0.3, 0.4) is 0 Å². The highest BCUT2D eigenvalue weighted by molar-refractivity contribution is 7.26. The Balaban J connectivity index is 1.28. The fourth-order valence-corrected chi connectivity index (χ4v) is 8.76. The van der Waals surface area contributed by atoms with Crippen molar-refractivity contribution in [1.82, 2.24) is 4.57 Å². The van der Waals surface area contributed by atoms with Gasteiger partial charge in [-0.1, -0.05) is 121 Å². The summed E-state index contributed by atoms with van der Waals surface area (Å²) in [5.74, 6) is 0. The lowest BCUT2D eigenvalue weighted by Crippen LogP contribution is -2.10. The minimum Gasteiger partial charge on any atom is -0.309 e. The number of fused-ring (bicyclic) bond motifs is 7. The normalized spacial score (nSPS) is 11.7. The van der Waals surface area contributed by atoms with Gasteiger partial charge in [-0.15, -0.1) is 11.3 Å². The predicted molar refractivity (Wildman–Crippen MR) is 211 cm³/mol. The first-order valence-electron chi connectivity index (χ1n) is 16.7. The zero-order valence-electron chi connectivity index (χ0n) is 26.6. The van der Waals surface area contributed by atoms with Crippen molar-refractivity contribution in [2.24, 2.45) is 0 Å². The highest BCUT2D eigenvalue weighted by Crippen LogP contribution is 2.48. The second-order valence-electron chi connectivity index (χ2n) is 12.6. The monoisotopic (exact) mass is 642 g/mol. The van der Waals surface area contributed by atoms with Gasteiger partial charge in [0.15, 0.2) is 0 Å². The summed E-state index contributed by atoms with van der Waals surface area (Å²) in [5.41, 5.74) is 9.42. The van der Waals surface area contributed by atoms with Crippen LogP contribution in [0.5, 0.6) is 0 Å². The van der Waals surface area contributed by atoms with Crippen molar-refractivity contribution in [2.75, 3.05) is 4.90 Å². The molecule has 3 heteroatoms. The Morgan fingerprint density at radius 2 is 1.04 bits per heavy atom. The second-order valence-corrected chi connectivity index (χ2v) is 13.6. The van der Waals surface area contributed by atoms with Crippen molar-refractivity contribution in [3.8, 4) is 16.8 Å². The maximum Gasteiger partial charge on any atom is 0.0640 e. The van der Waals surface area contributed by atoms with Crippen LogP contribution in [0.25, 0.3) is 69.6 Å². The molecule has 0 unspecified atom stereocenters. The lowest BCUT2D eigenvalue weighted by molar-refractivity contribution is 1.18. The SMILES string of the molecule is c1ccc(-c2ccc(N(c3cccc4c3sc3cc5ccccc5cc34)c3cccc4c3c3ccccc3n4-c3ccccc3)cc2)cc1. The van der Waals surface area contributed by atoms with E-state index in [2.05, 4.69) is 191 Å². The Labute approximate surface area is 288 Å². The molecule has 2 heterocycles. The van der Waals surface area contributed by atoms with Gasteiger partial charge >= 0.3 is 0 Å². The average molecular weight is 643 g/mol. The van der Waals surface area contributed by atoms with Crippen molar-refractivity contribution < 1.29 is 0 Å². The number of hydrogen-bond acceptors (Lipinski definition) is 2. The molecule has 0 N–H and O–H groups in total. The lowest BCUT2D eigenvalue weighted by Gasteiger charge is -2.27. The molecule has 0 radical (unpaired) electrons. The predicted octanol–water partition coefficient (Wildman–Crippen LogP) is 13.4.